The quantitative estimate of drug-likeness (QED) is 0.751. The topological polar surface area (TPSA) is 110 Å². The molecular weight excluding hydrogens is 310 g/mol. The molecule has 1 saturated carbocycles. The number of aliphatic carboxylic acids is 1. The molecule has 0 aromatic heterocycles. The Kier molecular flexibility index (Phi) is 4.81. The van der Waals surface area contributed by atoms with Gasteiger partial charge in [0.2, 0.25) is 5.91 Å². The molecule has 1 heterocycles. The van der Waals surface area contributed by atoms with Crippen LogP contribution in [0.1, 0.15) is 38.5 Å². The van der Waals surface area contributed by atoms with E-state index in [1.54, 1.807) is 0 Å². The predicted molar refractivity (Wildman–Crippen MR) is 79.2 cm³/mol. The largest absolute Gasteiger partial charge is 0.481 e. The zero-order valence-electron chi connectivity index (χ0n) is 12.8. The zero-order chi connectivity index (χ0) is 16.4. The van der Waals surface area contributed by atoms with Crippen molar-refractivity contribution in [2.45, 2.75) is 43.3 Å². The molecule has 1 aliphatic carbocycles. The van der Waals surface area contributed by atoms with Gasteiger partial charge < -0.3 is 15.2 Å². The van der Waals surface area contributed by atoms with Gasteiger partial charge in [0.05, 0.1) is 5.41 Å². The molecule has 2 fully saturated rings. The Balaban J connectivity index is 2.12. The first-order chi connectivity index (χ1) is 10.2. The van der Waals surface area contributed by atoms with Gasteiger partial charge in [-0.3, -0.25) is 9.59 Å². The lowest BCUT2D eigenvalue weighted by molar-refractivity contribution is -0.154. The number of carbonyl (C=O) groups is 2. The van der Waals surface area contributed by atoms with Crippen molar-refractivity contribution < 1.29 is 27.9 Å². The van der Waals surface area contributed by atoms with Crippen molar-refractivity contribution in [2.24, 2.45) is 5.41 Å². The Morgan fingerprint density at radius 1 is 1.14 bits per heavy atom. The van der Waals surface area contributed by atoms with Crippen LogP contribution in [0.2, 0.25) is 0 Å². The molecule has 2 rings (SSSR count). The van der Waals surface area contributed by atoms with Crippen molar-refractivity contribution in [1.29, 1.82) is 0 Å². The maximum absolute atomic E-state index is 12.5. The van der Waals surface area contributed by atoms with Gasteiger partial charge in [0.1, 0.15) is 4.75 Å². The normalized spacial score (nSPS) is 23.9. The number of amides is 1. The maximum Gasteiger partial charge on any atom is 0.311 e. The molecule has 2 aliphatic rings. The summed E-state index contributed by atoms with van der Waals surface area (Å²) in [7, 11) is -3.54. The van der Waals surface area contributed by atoms with Crippen molar-refractivity contribution in [3.63, 3.8) is 0 Å². The number of rotatable bonds is 5. The van der Waals surface area contributed by atoms with Gasteiger partial charge in [0.25, 0.3) is 0 Å². The van der Waals surface area contributed by atoms with Crippen LogP contribution in [0.15, 0.2) is 0 Å². The smallest absolute Gasteiger partial charge is 0.311 e. The van der Waals surface area contributed by atoms with E-state index in [-0.39, 0.29) is 6.54 Å². The Morgan fingerprint density at radius 2 is 1.68 bits per heavy atom. The highest BCUT2D eigenvalue weighted by Crippen LogP contribution is 2.37. The molecule has 0 unspecified atom stereocenters. The molecule has 7 nitrogen and oxygen atoms in total. The first-order valence-corrected chi connectivity index (χ1v) is 9.42. The van der Waals surface area contributed by atoms with Gasteiger partial charge in [0, 0.05) is 26.0 Å². The second-order valence-electron chi connectivity index (χ2n) is 6.35. The molecule has 0 spiro atoms. The van der Waals surface area contributed by atoms with Crippen LogP contribution in [0.4, 0.5) is 0 Å². The molecule has 0 aromatic rings. The van der Waals surface area contributed by atoms with E-state index in [0.717, 1.165) is 6.26 Å². The van der Waals surface area contributed by atoms with E-state index >= 15 is 0 Å². The number of carboxylic acid groups (broad SMARTS) is 1. The summed E-state index contributed by atoms with van der Waals surface area (Å²) >= 11 is 0. The van der Waals surface area contributed by atoms with Crippen molar-refractivity contribution in [3.05, 3.63) is 0 Å². The second-order valence-corrected chi connectivity index (χ2v) is 8.68. The van der Waals surface area contributed by atoms with Crippen molar-refractivity contribution in [3.8, 4) is 0 Å². The molecule has 0 bridgehead atoms. The number of carbonyl (C=O) groups excluding carboxylic acids is 1. The number of ether oxygens (including phenoxy) is 1. The summed E-state index contributed by atoms with van der Waals surface area (Å²) in [5.74, 6) is -1.53. The monoisotopic (exact) mass is 333 g/mol. The van der Waals surface area contributed by atoms with Crippen molar-refractivity contribution in [2.75, 3.05) is 26.0 Å². The van der Waals surface area contributed by atoms with E-state index in [2.05, 4.69) is 5.32 Å². The Morgan fingerprint density at radius 3 is 2.14 bits per heavy atom. The molecule has 0 atom stereocenters. The lowest BCUT2D eigenvalue weighted by Gasteiger charge is -2.34. The Bertz CT molecular complexity index is 544. The summed E-state index contributed by atoms with van der Waals surface area (Å²) in [6.45, 7) is 0.612. The average molecular weight is 333 g/mol. The molecule has 0 aromatic carbocycles. The SMILES string of the molecule is CS(=O)(=O)C1(C(=O)NCC2(C(=O)O)CCOCC2)CCCC1. The van der Waals surface area contributed by atoms with Gasteiger partial charge in [-0.25, -0.2) is 8.42 Å². The highest BCUT2D eigenvalue weighted by atomic mass is 32.2. The predicted octanol–water partition coefficient (Wildman–Crippen LogP) is 0.341. The molecule has 22 heavy (non-hydrogen) atoms. The van der Waals surface area contributed by atoms with Crippen LogP contribution in [0, 0.1) is 5.41 Å². The van der Waals surface area contributed by atoms with E-state index in [4.69, 9.17) is 4.74 Å². The van der Waals surface area contributed by atoms with E-state index in [0.29, 0.717) is 51.7 Å². The summed E-state index contributed by atoms with van der Waals surface area (Å²) in [5, 5.41) is 12.1. The van der Waals surface area contributed by atoms with Gasteiger partial charge in [-0.2, -0.15) is 0 Å². The lowest BCUT2D eigenvalue weighted by Crippen LogP contribution is -2.54. The third-order valence-electron chi connectivity index (χ3n) is 5.03. The van der Waals surface area contributed by atoms with Crippen LogP contribution in [0.25, 0.3) is 0 Å². The molecule has 1 aliphatic heterocycles. The van der Waals surface area contributed by atoms with E-state index < -0.39 is 31.9 Å². The number of hydrogen-bond donors (Lipinski definition) is 2. The molecule has 2 N–H and O–H groups in total. The van der Waals surface area contributed by atoms with Crippen LogP contribution in [0.5, 0.6) is 0 Å². The fraction of sp³-hybridized carbons (Fsp3) is 0.857. The first-order valence-electron chi connectivity index (χ1n) is 7.53. The standard InChI is InChI=1S/C14H23NO6S/c1-22(19,20)14(4-2-3-5-14)11(16)15-10-13(12(17)18)6-8-21-9-7-13/h2-10H2,1H3,(H,15,16)(H,17,18). The molecule has 126 valence electrons. The summed E-state index contributed by atoms with van der Waals surface area (Å²) in [6, 6.07) is 0. The minimum atomic E-state index is -3.54. The fourth-order valence-corrected chi connectivity index (χ4v) is 4.79. The van der Waals surface area contributed by atoms with Gasteiger partial charge in [-0.1, -0.05) is 12.8 Å². The van der Waals surface area contributed by atoms with Gasteiger partial charge >= 0.3 is 5.97 Å². The van der Waals surface area contributed by atoms with Crippen molar-refractivity contribution in [1.82, 2.24) is 5.32 Å². The Hall–Kier alpha value is -1.15. The van der Waals surface area contributed by atoms with Gasteiger partial charge in [-0.05, 0) is 25.7 Å². The summed E-state index contributed by atoms with van der Waals surface area (Å²) in [5.41, 5.74) is -1.06. The number of carboxylic acids is 1. The summed E-state index contributed by atoms with van der Waals surface area (Å²) in [6.07, 6.45) is 3.71. The van der Waals surface area contributed by atoms with Gasteiger partial charge in [0.15, 0.2) is 9.84 Å². The molecular formula is C14H23NO6S. The average Bonchev–Trinajstić information content (AvgIpc) is 2.96. The van der Waals surface area contributed by atoms with Crippen LogP contribution in [-0.4, -0.2) is 56.2 Å². The minimum absolute atomic E-state index is 0.0538. The highest BCUT2D eigenvalue weighted by molar-refractivity contribution is 7.92. The minimum Gasteiger partial charge on any atom is -0.481 e. The van der Waals surface area contributed by atoms with E-state index in [1.807, 2.05) is 0 Å². The number of sulfone groups is 1. The highest BCUT2D eigenvalue weighted by Gasteiger charge is 2.51. The molecule has 1 amide bonds. The third-order valence-corrected chi connectivity index (χ3v) is 7.04. The summed E-state index contributed by atoms with van der Waals surface area (Å²) in [4.78, 5) is 24.1. The van der Waals surface area contributed by atoms with Crippen LogP contribution in [-0.2, 0) is 24.2 Å². The van der Waals surface area contributed by atoms with E-state index in [1.165, 1.54) is 0 Å². The third kappa shape index (κ3) is 2.99. The number of hydrogen-bond acceptors (Lipinski definition) is 5. The first kappa shape index (κ1) is 17.2. The molecule has 1 saturated heterocycles. The number of nitrogens with one attached hydrogen (secondary N) is 1. The van der Waals surface area contributed by atoms with Gasteiger partial charge in [-0.15, -0.1) is 0 Å². The second kappa shape index (κ2) is 6.16. The summed E-state index contributed by atoms with van der Waals surface area (Å²) < 4.78 is 27.9. The van der Waals surface area contributed by atoms with Crippen LogP contribution >= 0.6 is 0 Å². The lowest BCUT2D eigenvalue weighted by atomic mass is 9.80. The zero-order valence-corrected chi connectivity index (χ0v) is 13.6. The molecule has 8 heteroatoms. The van der Waals surface area contributed by atoms with E-state index in [9.17, 15) is 23.1 Å². The molecule has 0 radical (unpaired) electrons. The van der Waals surface area contributed by atoms with Crippen LogP contribution < -0.4 is 5.32 Å². The Labute approximate surface area is 130 Å². The maximum atomic E-state index is 12.5. The van der Waals surface area contributed by atoms with Crippen molar-refractivity contribution >= 4 is 21.7 Å². The van der Waals surface area contributed by atoms with Crippen LogP contribution in [0.3, 0.4) is 0 Å². The fourth-order valence-electron chi connectivity index (χ4n) is 3.35.